The smallest absolute Gasteiger partial charge is 0.291 e. The van der Waals surface area contributed by atoms with Crippen LogP contribution in [-0.2, 0) is 6.54 Å². The van der Waals surface area contributed by atoms with E-state index in [1.807, 2.05) is 6.92 Å². The molecule has 0 spiro atoms. The monoisotopic (exact) mass is 366 g/mol. The number of furan rings is 1. The number of nitrogens with one attached hydrogen (secondary N) is 1. The zero-order chi connectivity index (χ0) is 19.2. The third-order valence-corrected chi connectivity index (χ3v) is 4.07. The van der Waals surface area contributed by atoms with E-state index in [0.717, 1.165) is 5.56 Å². The Bertz CT molecular complexity index is 921. The summed E-state index contributed by atoms with van der Waals surface area (Å²) in [5, 5.41) is 2.70. The molecule has 2 amide bonds. The van der Waals surface area contributed by atoms with Crippen LogP contribution >= 0.6 is 0 Å². The number of nitrogens with zero attached hydrogens (tertiary/aromatic N) is 1. The molecule has 0 aliphatic carbocycles. The molecule has 6 heteroatoms. The second-order valence-electron chi connectivity index (χ2n) is 5.96. The van der Waals surface area contributed by atoms with E-state index in [0.29, 0.717) is 24.3 Å². The summed E-state index contributed by atoms with van der Waals surface area (Å²) in [4.78, 5) is 26.3. The Labute approximate surface area is 156 Å². The number of benzene rings is 2. The van der Waals surface area contributed by atoms with Crippen LogP contribution in [-0.4, -0.2) is 23.3 Å². The summed E-state index contributed by atoms with van der Waals surface area (Å²) in [6.45, 7) is 2.69. The SMILES string of the molecule is CCN(Cc1cccc(F)c1)C(=O)c1ccc(NC(=O)c2ccco2)cc1. The first-order chi connectivity index (χ1) is 13.1. The summed E-state index contributed by atoms with van der Waals surface area (Å²) in [6, 6.07) is 16.0. The van der Waals surface area contributed by atoms with Crippen LogP contribution in [0.15, 0.2) is 71.3 Å². The van der Waals surface area contributed by atoms with Gasteiger partial charge in [-0.3, -0.25) is 9.59 Å². The molecule has 0 bridgehead atoms. The van der Waals surface area contributed by atoms with Gasteiger partial charge in [-0.05, 0) is 61.0 Å². The van der Waals surface area contributed by atoms with E-state index in [4.69, 9.17) is 4.42 Å². The van der Waals surface area contributed by atoms with Gasteiger partial charge in [-0.2, -0.15) is 0 Å². The molecule has 3 aromatic rings. The van der Waals surface area contributed by atoms with Gasteiger partial charge in [-0.15, -0.1) is 0 Å². The normalized spacial score (nSPS) is 10.4. The van der Waals surface area contributed by atoms with E-state index < -0.39 is 0 Å². The molecule has 1 N–H and O–H groups in total. The molecule has 0 saturated heterocycles. The summed E-state index contributed by atoms with van der Waals surface area (Å²) < 4.78 is 18.4. The molecule has 1 aromatic heterocycles. The lowest BCUT2D eigenvalue weighted by molar-refractivity contribution is 0.0752. The molecule has 138 valence electrons. The van der Waals surface area contributed by atoms with Crippen molar-refractivity contribution in [3.8, 4) is 0 Å². The molecule has 1 heterocycles. The van der Waals surface area contributed by atoms with Crippen molar-refractivity contribution in [1.82, 2.24) is 4.90 Å². The second-order valence-corrected chi connectivity index (χ2v) is 5.96. The van der Waals surface area contributed by atoms with Crippen molar-refractivity contribution in [1.29, 1.82) is 0 Å². The minimum absolute atomic E-state index is 0.161. The number of hydrogen-bond acceptors (Lipinski definition) is 3. The molecule has 0 aliphatic heterocycles. The van der Waals surface area contributed by atoms with E-state index in [9.17, 15) is 14.0 Å². The van der Waals surface area contributed by atoms with Gasteiger partial charge in [0, 0.05) is 24.3 Å². The average molecular weight is 366 g/mol. The lowest BCUT2D eigenvalue weighted by Crippen LogP contribution is -2.30. The lowest BCUT2D eigenvalue weighted by atomic mass is 10.1. The number of carbonyl (C=O) groups excluding carboxylic acids is 2. The predicted molar refractivity (Wildman–Crippen MR) is 99.9 cm³/mol. The third-order valence-electron chi connectivity index (χ3n) is 4.07. The van der Waals surface area contributed by atoms with Gasteiger partial charge < -0.3 is 14.6 Å². The Morgan fingerprint density at radius 2 is 1.85 bits per heavy atom. The molecule has 0 aliphatic rings. The minimum atomic E-state index is -0.361. The standard InChI is InChI=1S/C21H19FN2O3/c1-2-24(14-15-5-3-6-17(22)13-15)21(26)16-8-10-18(11-9-16)23-20(25)19-7-4-12-27-19/h3-13H,2,14H2,1H3,(H,23,25). The summed E-state index contributed by atoms with van der Waals surface area (Å²) >= 11 is 0. The number of amides is 2. The van der Waals surface area contributed by atoms with E-state index in [1.54, 1.807) is 53.4 Å². The maximum Gasteiger partial charge on any atom is 0.291 e. The highest BCUT2D eigenvalue weighted by Gasteiger charge is 2.15. The van der Waals surface area contributed by atoms with Crippen LogP contribution in [0, 0.1) is 5.82 Å². The van der Waals surface area contributed by atoms with Gasteiger partial charge in [-0.25, -0.2) is 4.39 Å². The van der Waals surface area contributed by atoms with Gasteiger partial charge in [0.1, 0.15) is 5.82 Å². The zero-order valence-electron chi connectivity index (χ0n) is 14.8. The number of rotatable bonds is 6. The zero-order valence-corrected chi connectivity index (χ0v) is 14.8. The summed E-state index contributed by atoms with van der Waals surface area (Å²) in [6.07, 6.45) is 1.43. The Morgan fingerprint density at radius 1 is 1.07 bits per heavy atom. The van der Waals surface area contributed by atoms with E-state index in [1.165, 1.54) is 18.4 Å². The van der Waals surface area contributed by atoms with Crippen molar-refractivity contribution in [2.45, 2.75) is 13.5 Å². The number of anilines is 1. The molecular weight excluding hydrogens is 347 g/mol. The second kappa shape index (κ2) is 8.31. The van der Waals surface area contributed by atoms with Gasteiger partial charge in [0.15, 0.2) is 5.76 Å². The van der Waals surface area contributed by atoms with Crippen molar-refractivity contribution >= 4 is 17.5 Å². The van der Waals surface area contributed by atoms with Gasteiger partial charge in [0.05, 0.1) is 6.26 Å². The van der Waals surface area contributed by atoms with Crippen LogP contribution in [0.3, 0.4) is 0 Å². The highest BCUT2D eigenvalue weighted by molar-refractivity contribution is 6.02. The summed E-state index contributed by atoms with van der Waals surface area (Å²) in [5.41, 5.74) is 1.78. The Balaban J connectivity index is 1.67. The Morgan fingerprint density at radius 3 is 2.48 bits per heavy atom. The first-order valence-corrected chi connectivity index (χ1v) is 8.55. The molecule has 2 aromatic carbocycles. The minimum Gasteiger partial charge on any atom is -0.459 e. The number of carbonyl (C=O) groups is 2. The van der Waals surface area contributed by atoms with Crippen molar-refractivity contribution in [2.75, 3.05) is 11.9 Å². The van der Waals surface area contributed by atoms with Gasteiger partial charge in [-0.1, -0.05) is 12.1 Å². The molecule has 3 rings (SSSR count). The van der Waals surface area contributed by atoms with Gasteiger partial charge in [0.25, 0.3) is 11.8 Å². The molecule has 0 saturated carbocycles. The van der Waals surface area contributed by atoms with Crippen LogP contribution in [0.25, 0.3) is 0 Å². The first-order valence-electron chi connectivity index (χ1n) is 8.55. The maximum absolute atomic E-state index is 13.4. The predicted octanol–water partition coefficient (Wildman–Crippen LogP) is 4.33. The topological polar surface area (TPSA) is 62.6 Å². The van der Waals surface area contributed by atoms with E-state index in [2.05, 4.69) is 5.32 Å². The number of hydrogen-bond donors (Lipinski definition) is 1. The van der Waals surface area contributed by atoms with Crippen LogP contribution in [0.5, 0.6) is 0 Å². The highest BCUT2D eigenvalue weighted by atomic mass is 19.1. The lowest BCUT2D eigenvalue weighted by Gasteiger charge is -2.21. The maximum atomic E-state index is 13.4. The fourth-order valence-corrected chi connectivity index (χ4v) is 2.66. The third kappa shape index (κ3) is 4.61. The van der Waals surface area contributed by atoms with Gasteiger partial charge >= 0.3 is 0 Å². The first kappa shape index (κ1) is 18.4. The fraction of sp³-hybridized carbons (Fsp3) is 0.143. The summed E-state index contributed by atoms with van der Waals surface area (Å²) in [7, 11) is 0. The quantitative estimate of drug-likeness (QED) is 0.706. The fourth-order valence-electron chi connectivity index (χ4n) is 2.66. The molecule has 0 fully saturated rings. The van der Waals surface area contributed by atoms with Crippen molar-refractivity contribution in [2.24, 2.45) is 0 Å². The highest BCUT2D eigenvalue weighted by Crippen LogP contribution is 2.15. The number of halogens is 1. The molecule has 0 radical (unpaired) electrons. The molecule has 0 atom stereocenters. The Hall–Kier alpha value is -3.41. The molecular formula is C21H19FN2O3. The van der Waals surface area contributed by atoms with Crippen molar-refractivity contribution in [3.05, 3.63) is 89.6 Å². The van der Waals surface area contributed by atoms with E-state index in [-0.39, 0.29) is 23.4 Å². The van der Waals surface area contributed by atoms with Crippen molar-refractivity contribution in [3.63, 3.8) is 0 Å². The van der Waals surface area contributed by atoms with Crippen LogP contribution in [0.4, 0.5) is 10.1 Å². The summed E-state index contributed by atoms with van der Waals surface area (Å²) in [5.74, 6) is -0.638. The molecule has 0 unspecified atom stereocenters. The van der Waals surface area contributed by atoms with E-state index >= 15 is 0 Å². The van der Waals surface area contributed by atoms with Gasteiger partial charge in [0.2, 0.25) is 0 Å². The Kier molecular flexibility index (Phi) is 5.66. The van der Waals surface area contributed by atoms with Crippen LogP contribution in [0.2, 0.25) is 0 Å². The molecule has 27 heavy (non-hydrogen) atoms. The van der Waals surface area contributed by atoms with Crippen LogP contribution < -0.4 is 5.32 Å². The van der Waals surface area contributed by atoms with Crippen LogP contribution in [0.1, 0.15) is 33.4 Å². The largest absolute Gasteiger partial charge is 0.459 e. The average Bonchev–Trinajstić information content (AvgIpc) is 3.21. The van der Waals surface area contributed by atoms with Crippen molar-refractivity contribution < 1.29 is 18.4 Å². The molecule has 5 nitrogen and oxygen atoms in total.